The van der Waals surface area contributed by atoms with Crippen LogP contribution in [0.3, 0.4) is 0 Å². The highest BCUT2D eigenvalue weighted by atomic mass is 16.5. The maximum absolute atomic E-state index is 12.9. The molecule has 6 aromatic rings. The van der Waals surface area contributed by atoms with Crippen LogP contribution in [-0.2, 0) is 24.2 Å². The molecule has 0 unspecified atom stereocenters. The number of hydrogen-bond donors (Lipinski definition) is 4. The van der Waals surface area contributed by atoms with Gasteiger partial charge in [0.25, 0.3) is 0 Å². The van der Waals surface area contributed by atoms with Crippen molar-refractivity contribution < 1.29 is 9.53 Å². The number of hydrogen-bond acceptors (Lipinski definition) is 5. The Bertz CT molecular complexity index is 1870. The molecule has 1 amide bonds. The molecule has 0 radical (unpaired) electrons. The number of carbonyl (C=O) groups excluding carboxylic acids is 1. The van der Waals surface area contributed by atoms with Gasteiger partial charge in [-0.15, -0.1) is 10.2 Å². The number of aromatic nitrogens is 5. The van der Waals surface area contributed by atoms with Crippen molar-refractivity contribution in [1.29, 1.82) is 0 Å². The molecule has 220 valence electrons. The predicted molar refractivity (Wildman–Crippen MR) is 169 cm³/mol. The lowest BCUT2D eigenvalue weighted by molar-refractivity contribution is -0.125. The predicted octanol–water partition coefficient (Wildman–Crippen LogP) is 5.07. The van der Waals surface area contributed by atoms with Crippen LogP contribution in [0, 0.1) is 0 Å². The third-order valence-electron chi connectivity index (χ3n) is 7.98. The molecule has 3 aromatic heterocycles. The quantitative estimate of drug-likeness (QED) is 0.172. The zero-order chi connectivity index (χ0) is 30.0. The molecule has 0 saturated carbocycles. The van der Waals surface area contributed by atoms with Crippen LogP contribution in [0.2, 0.25) is 0 Å². The van der Waals surface area contributed by atoms with Crippen molar-refractivity contribution >= 4 is 27.7 Å². The minimum Gasteiger partial charge on any atom is -0.497 e. The molecular formula is C34H37N7O2. The molecular weight excluding hydrogens is 538 g/mol. The maximum Gasteiger partial charge on any atom is 0.239 e. The number of ether oxygens (including phenoxy) is 1. The Morgan fingerprint density at radius 3 is 2.44 bits per heavy atom. The summed E-state index contributed by atoms with van der Waals surface area (Å²) in [6.45, 7) is 4.28. The second kappa shape index (κ2) is 11.8. The van der Waals surface area contributed by atoms with Crippen molar-refractivity contribution in [3.05, 3.63) is 114 Å². The average molecular weight is 576 g/mol. The van der Waals surface area contributed by atoms with E-state index in [-0.39, 0.29) is 11.8 Å². The summed E-state index contributed by atoms with van der Waals surface area (Å²) >= 11 is 0. The Morgan fingerprint density at radius 2 is 1.67 bits per heavy atom. The topological polar surface area (TPSA) is 127 Å². The Balaban J connectivity index is 1.42. The van der Waals surface area contributed by atoms with Crippen LogP contribution < -0.4 is 15.8 Å². The molecule has 0 aliphatic heterocycles. The summed E-state index contributed by atoms with van der Waals surface area (Å²) in [5, 5.41) is 14.9. The molecule has 3 aromatic carbocycles. The SMILES string of the molecule is COc1cccc(Cn2c(CCc3c[nH]c4ccccc34)nnc2[C@@H](CNC(=O)C(C)(C)N)c2c[nH]c3ccccc23)c1. The van der Waals surface area contributed by atoms with Crippen LogP contribution in [-0.4, -0.2) is 49.8 Å². The molecule has 5 N–H and O–H groups in total. The van der Waals surface area contributed by atoms with E-state index in [2.05, 4.69) is 56.4 Å². The summed E-state index contributed by atoms with van der Waals surface area (Å²) in [4.78, 5) is 19.7. The van der Waals surface area contributed by atoms with Crippen LogP contribution >= 0.6 is 0 Å². The fourth-order valence-electron chi connectivity index (χ4n) is 5.65. The van der Waals surface area contributed by atoms with Gasteiger partial charge in [0.05, 0.1) is 25.1 Å². The molecule has 0 bridgehead atoms. The molecule has 0 aliphatic carbocycles. The van der Waals surface area contributed by atoms with Crippen molar-refractivity contribution in [2.24, 2.45) is 5.73 Å². The number of aromatic amines is 2. The number of nitrogens with zero attached hydrogens (tertiary/aromatic N) is 3. The summed E-state index contributed by atoms with van der Waals surface area (Å²) in [6.07, 6.45) is 5.58. The normalized spacial score (nSPS) is 12.6. The number of benzene rings is 3. The van der Waals surface area contributed by atoms with E-state index in [1.54, 1.807) is 21.0 Å². The zero-order valence-corrected chi connectivity index (χ0v) is 24.7. The zero-order valence-electron chi connectivity index (χ0n) is 24.7. The van der Waals surface area contributed by atoms with Crippen molar-refractivity contribution in [1.82, 2.24) is 30.0 Å². The monoisotopic (exact) mass is 575 g/mol. The summed E-state index contributed by atoms with van der Waals surface area (Å²) in [5.41, 5.74) is 10.6. The van der Waals surface area contributed by atoms with Gasteiger partial charge in [-0.25, -0.2) is 0 Å². The molecule has 9 nitrogen and oxygen atoms in total. The number of amides is 1. The van der Waals surface area contributed by atoms with Gasteiger partial charge >= 0.3 is 0 Å². The summed E-state index contributed by atoms with van der Waals surface area (Å²) in [6, 6.07) is 24.5. The van der Waals surface area contributed by atoms with Gasteiger partial charge in [0.1, 0.15) is 17.4 Å². The second-order valence-electron chi connectivity index (χ2n) is 11.5. The van der Waals surface area contributed by atoms with Gasteiger partial charge in [0.15, 0.2) is 0 Å². The van der Waals surface area contributed by atoms with Crippen molar-refractivity contribution in [2.45, 2.75) is 44.7 Å². The first-order valence-electron chi connectivity index (χ1n) is 14.5. The lowest BCUT2D eigenvalue weighted by atomic mass is 9.96. The van der Waals surface area contributed by atoms with E-state index in [1.165, 1.54) is 10.9 Å². The maximum atomic E-state index is 12.9. The van der Waals surface area contributed by atoms with E-state index in [9.17, 15) is 4.79 Å². The number of carbonyl (C=O) groups is 1. The van der Waals surface area contributed by atoms with Gasteiger partial charge in [-0.3, -0.25) is 4.79 Å². The second-order valence-corrected chi connectivity index (χ2v) is 11.5. The van der Waals surface area contributed by atoms with E-state index in [0.29, 0.717) is 19.5 Å². The third kappa shape index (κ3) is 5.89. The number of aryl methyl sites for hydroxylation is 2. The van der Waals surface area contributed by atoms with Crippen molar-refractivity contribution in [3.8, 4) is 5.75 Å². The fourth-order valence-corrected chi connectivity index (χ4v) is 5.65. The van der Waals surface area contributed by atoms with Gasteiger partial charge in [0, 0.05) is 47.2 Å². The smallest absolute Gasteiger partial charge is 0.239 e. The lowest BCUT2D eigenvalue weighted by Crippen LogP contribution is -2.50. The highest BCUT2D eigenvalue weighted by Gasteiger charge is 2.29. The first-order chi connectivity index (χ1) is 20.8. The standard InChI is InChI=1S/C34H37N7O2/c1-34(2,35)33(42)38-20-28(27-19-37-30-14-7-5-12-26(27)30)32-40-39-31(41(32)21-22-9-8-10-24(17-22)43-3)16-15-23-18-36-29-13-6-4-11-25(23)29/h4-14,17-19,28,36-37H,15-16,20-21,35H2,1-3H3,(H,38,42)/t28-/m0/s1. The Kier molecular flexibility index (Phi) is 7.73. The lowest BCUT2D eigenvalue weighted by Gasteiger charge is -2.23. The average Bonchev–Trinajstić information content (AvgIpc) is 3.73. The number of nitrogens with one attached hydrogen (secondary N) is 3. The highest BCUT2D eigenvalue weighted by molar-refractivity contribution is 5.86. The highest BCUT2D eigenvalue weighted by Crippen LogP contribution is 2.31. The first-order valence-corrected chi connectivity index (χ1v) is 14.5. The Morgan fingerprint density at radius 1 is 0.953 bits per heavy atom. The van der Waals surface area contributed by atoms with Gasteiger partial charge in [-0.2, -0.15) is 0 Å². The molecule has 3 heterocycles. The van der Waals surface area contributed by atoms with Crippen molar-refractivity contribution in [3.63, 3.8) is 0 Å². The van der Waals surface area contributed by atoms with Crippen LogP contribution in [0.4, 0.5) is 0 Å². The molecule has 0 fully saturated rings. The molecule has 6 rings (SSSR count). The molecule has 0 saturated heterocycles. The van der Waals surface area contributed by atoms with E-state index in [4.69, 9.17) is 20.7 Å². The summed E-state index contributed by atoms with van der Waals surface area (Å²) < 4.78 is 7.71. The van der Waals surface area contributed by atoms with Crippen LogP contribution in [0.25, 0.3) is 21.8 Å². The van der Waals surface area contributed by atoms with Crippen LogP contribution in [0.5, 0.6) is 5.75 Å². The number of rotatable bonds is 11. The number of fused-ring (bicyclic) bond motifs is 2. The molecule has 0 aliphatic rings. The molecule has 0 spiro atoms. The number of nitrogens with two attached hydrogens (primary N) is 1. The van der Waals surface area contributed by atoms with E-state index in [1.807, 2.05) is 48.7 Å². The van der Waals surface area contributed by atoms with E-state index in [0.717, 1.165) is 51.4 Å². The van der Waals surface area contributed by atoms with Crippen LogP contribution in [0.15, 0.2) is 85.2 Å². The van der Waals surface area contributed by atoms with Crippen molar-refractivity contribution in [2.75, 3.05) is 13.7 Å². The van der Waals surface area contributed by atoms with Gasteiger partial charge in [0.2, 0.25) is 5.91 Å². The van der Waals surface area contributed by atoms with E-state index >= 15 is 0 Å². The largest absolute Gasteiger partial charge is 0.497 e. The first kappa shape index (κ1) is 28.2. The summed E-state index contributed by atoms with van der Waals surface area (Å²) in [5.74, 6) is 1.94. The van der Waals surface area contributed by atoms with Gasteiger partial charge in [-0.05, 0) is 61.2 Å². The minimum absolute atomic E-state index is 0.226. The number of para-hydroxylation sites is 2. The fraction of sp³-hybridized carbons (Fsp3) is 0.265. The number of H-pyrrole nitrogens is 2. The molecule has 1 atom stereocenters. The van der Waals surface area contributed by atoms with E-state index < -0.39 is 5.54 Å². The molecule has 9 heteroatoms. The van der Waals surface area contributed by atoms with Crippen LogP contribution in [0.1, 0.15) is 48.1 Å². The number of methoxy groups -OCH3 is 1. The third-order valence-corrected chi connectivity index (χ3v) is 7.98. The Hall–Kier alpha value is -4.89. The molecule has 43 heavy (non-hydrogen) atoms. The summed E-state index contributed by atoms with van der Waals surface area (Å²) in [7, 11) is 1.67. The van der Waals surface area contributed by atoms with Gasteiger partial charge < -0.3 is 30.3 Å². The Labute approximate surface area is 250 Å². The minimum atomic E-state index is -1.01. The van der Waals surface area contributed by atoms with Gasteiger partial charge in [-0.1, -0.05) is 48.5 Å².